The molecule has 0 aliphatic rings. The molecule has 4 nitrogen and oxygen atoms in total. The molecule has 0 bridgehead atoms. The number of carbonyl (C=O) groups is 1. The molecule has 4 heteroatoms. The number of benzene rings is 1. The molecule has 1 N–H and O–H groups in total. The highest BCUT2D eigenvalue weighted by Gasteiger charge is 2.07. The number of aliphatic hydroxyl groups is 1. The average Bonchev–Trinajstić information content (AvgIpc) is 2.34. The smallest absolute Gasteiger partial charge is 0.150 e. The molecule has 0 saturated carbocycles. The fraction of sp³-hybridized carbons (Fsp3) is 0.462. The van der Waals surface area contributed by atoms with Crippen molar-refractivity contribution in [3.63, 3.8) is 0 Å². The number of methoxy groups -OCH3 is 1. The van der Waals surface area contributed by atoms with E-state index in [4.69, 9.17) is 9.84 Å². The topological polar surface area (TPSA) is 49.8 Å². The van der Waals surface area contributed by atoms with Gasteiger partial charge in [-0.15, -0.1) is 0 Å². The molecule has 0 unspecified atom stereocenters. The zero-order chi connectivity index (χ0) is 12.7. The highest BCUT2D eigenvalue weighted by atomic mass is 16.5. The summed E-state index contributed by atoms with van der Waals surface area (Å²) < 4.78 is 5.04. The van der Waals surface area contributed by atoms with Crippen molar-refractivity contribution >= 4 is 12.0 Å². The Bertz CT molecular complexity index is 366. The van der Waals surface area contributed by atoms with Crippen LogP contribution in [0.1, 0.15) is 15.9 Å². The van der Waals surface area contributed by atoms with Crippen LogP contribution < -0.4 is 4.90 Å². The van der Waals surface area contributed by atoms with Gasteiger partial charge in [0.2, 0.25) is 0 Å². The fourth-order valence-electron chi connectivity index (χ4n) is 1.68. The Labute approximate surface area is 102 Å². The summed E-state index contributed by atoms with van der Waals surface area (Å²) in [4.78, 5) is 12.8. The lowest BCUT2D eigenvalue weighted by Gasteiger charge is -2.24. The minimum absolute atomic E-state index is 0.0954. The number of hydrogen-bond acceptors (Lipinski definition) is 4. The molecule has 17 heavy (non-hydrogen) atoms. The van der Waals surface area contributed by atoms with Gasteiger partial charge in [0.05, 0.1) is 13.2 Å². The van der Waals surface area contributed by atoms with Gasteiger partial charge in [0.1, 0.15) is 6.29 Å². The van der Waals surface area contributed by atoms with Crippen molar-refractivity contribution in [2.75, 3.05) is 38.3 Å². The molecular weight excluding hydrogens is 218 g/mol. The van der Waals surface area contributed by atoms with Crippen molar-refractivity contribution in [2.45, 2.75) is 6.92 Å². The van der Waals surface area contributed by atoms with Crippen molar-refractivity contribution in [3.05, 3.63) is 29.3 Å². The third-order valence-corrected chi connectivity index (χ3v) is 2.68. The average molecular weight is 237 g/mol. The van der Waals surface area contributed by atoms with Crippen LogP contribution in [0.4, 0.5) is 5.69 Å². The monoisotopic (exact) mass is 237 g/mol. The quantitative estimate of drug-likeness (QED) is 0.725. The number of rotatable bonds is 7. The summed E-state index contributed by atoms with van der Waals surface area (Å²) >= 11 is 0. The number of carbonyl (C=O) groups excluding carboxylic acids is 1. The molecule has 0 amide bonds. The van der Waals surface area contributed by atoms with Crippen molar-refractivity contribution in [2.24, 2.45) is 0 Å². The molecule has 1 aromatic rings. The second-order valence-corrected chi connectivity index (χ2v) is 3.86. The van der Waals surface area contributed by atoms with Crippen LogP contribution in [0.5, 0.6) is 0 Å². The van der Waals surface area contributed by atoms with Gasteiger partial charge >= 0.3 is 0 Å². The Morgan fingerprint density at radius 2 is 2.18 bits per heavy atom. The Kier molecular flexibility index (Phi) is 5.66. The lowest BCUT2D eigenvalue weighted by molar-refractivity contribution is 0.112. The number of nitrogens with zero attached hydrogens (tertiary/aromatic N) is 1. The number of hydrogen-bond donors (Lipinski definition) is 1. The van der Waals surface area contributed by atoms with E-state index in [1.807, 2.05) is 24.0 Å². The van der Waals surface area contributed by atoms with Crippen LogP contribution in [0.3, 0.4) is 0 Å². The lowest BCUT2D eigenvalue weighted by Crippen LogP contribution is -2.30. The first-order valence-electron chi connectivity index (χ1n) is 5.63. The molecular formula is C13H19NO3. The van der Waals surface area contributed by atoms with Crippen molar-refractivity contribution in [1.82, 2.24) is 0 Å². The second kappa shape index (κ2) is 7.04. The van der Waals surface area contributed by atoms with E-state index in [1.165, 1.54) is 0 Å². The van der Waals surface area contributed by atoms with E-state index in [9.17, 15) is 4.79 Å². The van der Waals surface area contributed by atoms with Crippen LogP contribution in [0, 0.1) is 6.92 Å². The van der Waals surface area contributed by atoms with E-state index < -0.39 is 0 Å². The van der Waals surface area contributed by atoms with Gasteiger partial charge in [0.25, 0.3) is 0 Å². The van der Waals surface area contributed by atoms with Crippen molar-refractivity contribution in [1.29, 1.82) is 0 Å². The van der Waals surface area contributed by atoms with Gasteiger partial charge in [-0.25, -0.2) is 0 Å². The molecule has 0 aliphatic heterocycles. The molecule has 94 valence electrons. The summed E-state index contributed by atoms with van der Waals surface area (Å²) in [5, 5.41) is 9.03. The number of aryl methyl sites for hydroxylation is 1. The van der Waals surface area contributed by atoms with Crippen molar-refractivity contribution in [3.8, 4) is 0 Å². The van der Waals surface area contributed by atoms with Crippen LogP contribution in [-0.2, 0) is 4.74 Å². The van der Waals surface area contributed by atoms with Gasteiger partial charge in [-0.3, -0.25) is 4.79 Å². The van der Waals surface area contributed by atoms with Gasteiger partial charge in [-0.05, 0) is 30.7 Å². The minimum Gasteiger partial charge on any atom is -0.395 e. The maximum absolute atomic E-state index is 10.7. The van der Waals surface area contributed by atoms with Crippen molar-refractivity contribution < 1.29 is 14.6 Å². The Morgan fingerprint density at radius 1 is 1.41 bits per heavy atom. The molecule has 0 aliphatic carbocycles. The fourth-order valence-corrected chi connectivity index (χ4v) is 1.68. The molecule has 0 heterocycles. The van der Waals surface area contributed by atoms with Gasteiger partial charge in [0.15, 0.2) is 0 Å². The van der Waals surface area contributed by atoms with E-state index in [1.54, 1.807) is 13.2 Å². The lowest BCUT2D eigenvalue weighted by atomic mass is 10.1. The Balaban J connectivity index is 2.85. The Morgan fingerprint density at radius 3 is 2.71 bits per heavy atom. The van der Waals surface area contributed by atoms with Crippen LogP contribution in [-0.4, -0.2) is 44.8 Å². The molecule has 1 aromatic carbocycles. The molecule has 0 radical (unpaired) electrons. The summed E-state index contributed by atoms with van der Waals surface area (Å²) in [6.45, 7) is 3.88. The van der Waals surface area contributed by atoms with Gasteiger partial charge < -0.3 is 14.7 Å². The first-order chi connectivity index (χ1) is 8.22. The summed E-state index contributed by atoms with van der Waals surface area (Å²) in [7, 11) is 1.65. The minimum atomic E-state index is 0.0954. The molecule has 0 fully saturated rings. The zero-order valence-corrected chi connectivity index (χ0v) is 10.3. The first kappa shape index (κ1) is 13.7. The van der Waals surface area contributed by atoms with Gasteiger partial charge in [-0.1, -0.05) is 0 Å². The maximum Gasteiger partial charge on any atom is 0.150 e. The predicted octanol–water partition coefficient (Wildman–Crippen LogP) is 1.25. The second-order valence-electron chi connectivity index (χ2n) is 3.86. The largest absolute Gasteiger partial charge is 0.395 e. The first-order valence-corrected chi connectivity index (χ1v) is 5.63. The highest BCUT2D eigenvalue weighted by Crippen LogP contribution is 2.18. The molecule has 0 saturated heterocycles. The summed E-state index contributed by atoms with van der Waals surface area (Å²) in [6, 6.07) is 5.64. The van der Waals surface area contributed by atoms with Crippen LogP contribution >= 0.6 is 0 Å². The Hall–Kier alpha value is -1.39. The van der Waals surface area contributed by atoms with E-state index >= 15 is 0 Å². The number of ether oxygens (including phenoxy) is 1. The SMILES string of the molecule is COCCN(CCO)c1ccc(C=O)c(C)c1. The number of aldehydes is 1. The normalized spacial score (nSPS) is 10.3. The number of aliphatic hydroxyl groups excluding tert-OH is 1. The number of anilines is 1. The van der Waals surface area contributed by atoms with Gasteiger partial charge in [0, 0.05) is 31.5 Å². The molecule has 0 aromatic heterocycles. The van der Waals surface area contributed by atoms with E-state index in [2.05, 4.69) is 0 Å². The van der Waals surface area contributed by atoms with E-state index in [0.29, 0.717) is 18.7 Å². The summed E-state index contributed by atoms with van der Waals surface area (Å²) in [5.74, 6) is 0. The third-order valence-electron chi connectivity index (χ3n) is 2.68. The summed E-state index contributed by atoms with van der Waals surface area (Å²) in [5.41, 5.74) is 2.64. The van der Waals surface area contributed by atoms with E-state index in [-0.39, 0.29) is 6.61 Å². The van der Waals surface area contributed by atoms with Crippen LogP contribution in [0.15, 0.2) is 18.2 Å². The molecule has 0 atom stereocenters. The van der Waals surface area contributed by atoms with Crippen LogP contribution in [0.25, 0.3) is 0 Å². The van der Waals surface area contributed by atoms with Crippen LogP contribution in [0.2, 0.25) is 0 Å². The molecule has 1 rings (SSSR count). The highest BCUT2D eigenvalue weighted by molar-refractivity contribution is 5.78. The van der Waals surface area contributed by atoms with Gasteiger partial charge in [-0.2, -0.15) is 0 Å². The third kappa shape index (κ3) is 3.84. The van der Waals surface area contributed by atoms with E-state index in [0.717, 1.165) is 24.1 Å². The summed E-state index contributed by atoms with van der Waals surface area (Å²) in [6.07, 6.45) is 0.852. The maximum atomic E-state index is 10.7. The predicted molar refractivity (Wildman–Crippen MR) is 67.7 cm³/mol. The molecule has 0 spiro atoms. The standard InChI is InChI=1S/C13H19NO3/c1-11-9-13(4-3-12(11)10-16)14(5-7-15)6-8-17-2/h3-4,9-10,15H,5-8H2,1-2H3. The zero-order valence-electron chi connectivity index (χ0n) is 10.3.